The second-order valence-corrected chi connectivity index (χ2v) is 6.44. The van der Waals surface area contributed by atoms with Gasteiger partial charge in [0.15, 0.2) is 11.5 Å². The standard InChI is InChI=1S/C18H27NO3/c1-14-9-15(2)12-19(11-14)7-4-8-22-17-6-5-16(13-20)10-18(17)21-3/h5-6,10,13-15H,4,7-9,11-12H2,1-3H3/t14-,15-/m0/s1. The largest absolute Gasteiger partial charge is 0.493 e. The first-order valence-electron chi connectivity index (χ1n) is 8.10. The zero-order valence-electron chi connectivity index (χ0n) is 13.9. The van der Waals surface area contributed by atoms with Crippen molar-refractivity contribution >= 4 is 6.29 Å². The van der Waals surface area contributed by atoms with Crippen molar-refractivity contribution in [3.63, 3.8) is 0 Å². The summed E-state index contributed by atoms with van der Waals surface area (Å²) < 4.78 is 11.1. The van der Waals surface area contributed by atoms with E-state index in [2.05, 4.69) is 18.7 Å². The predicted octanol–water partition coefficient (Wildman–Crippen LogP) is 3.25. The van der Waals surface area contributed by atoms with E-state index < -0.39 is 0 Å². The molecule has 22 heavy (non-hydrogen) atoms. The van der Waals surface area contributed by atoms with Gasteiger partial charge in [-0.15, -0.1) is 0 Å². The number of nitrogens with zero attached hydrogens (tertiary/aromatic N) is 1. The highest BCUT2D eigenvalue weighted by Crippen LogP contribution is 2.27. The fourth-order valence-electron chi connectivity index (χ4n) is 3.32. The summed E-state index contributed by atoms with van der Waals surface area (Å²) in [6, 6.07) is 5.25. The van der Waals surface area contributed by atoms with Crippen LogP contribution in [0.25, 0.3) is 0 Å². The number of benzene rings is 1. The highest BCUT2D eigenvalue weighted by atomic mass is 16.5. The van der Waals surface area contributed by atoms with E-state index in [0.717, 1.165) is 31.1 Å². The normalized spacial score (nSPS) is 22.3. The van der Waals surface area contributed by atoms with Crippen LogP contribution in [0, 0.1) is 11.8 Å². The Kier molecular flexibility index (Phi) is 6.25. The molecule has 0 unspecified atom stereocenters. The first-order valence-corrected chi connectivity index (χ1v) is 8.10. The SMILES string of the molecule is COc1cc(C=O)ccc1OCCCN1C[C@@H](C)C[C@H](C)C1. The first-order chi connectivity index (χ1) is 10.6. The molecule has 4 nitrogen and oxygen atoms in total. The van der Waals surface area contributed by atoms with Crippen molar-refractivity contribution in [1.82, 2.24) is 4.90 Å². The molecule has 1 aliphatic heterocycles. The van der Waals surface area contributed by atoms with E-state index >= 15 is 0 Å². The van der Waals surface area contributed by atoms with Gasteiger partial charge in [-0.2, -0.15) is 0 Å². The molecule has 0 N–H and O–H groups in total. The van der Waals surface area contributed by atoms with E-state index in [1.165, 1.54) is 19.5 Å². The molecule has 0 aliphatic carbocycles. The van der Waals surface area contributed by atoms with Crippen LogP contribution >= 0.6 is 0 Å². The van der Waals surface area contributed by atoms with Crippen molar-refractivity contribution < 1.29 is 14.3 Å². The van der Waals surface area contributed by atoms with Gasteiger partial charge in [-0.1, -0.05) is 13.8 Å². The predicted molar refractivity (Wildman–Crippen MR) is 87.9 cm³/mol. The van der Waals surface area contributed by atoms with Crippen molar-refractivity contribution in [2.45, 2.75) is 26.7 Å². The Hall–Kier alpha value is -1.55. The van der Waals surface area contributed by atoms with Crippen LogP contribution in [0.1, 0.15) is 37.0 Å². The number of methoxy groups -OCH3 is 1. The average Bonchev–Trinajstić information content (AvgIpc) is 2.50. The molecule has 1 aromatic rings. The molecule has 0 amide bonds. The lowest BCUT2D eigenvalue weighted by molar-refractivity contribution is 0.112. The Morgan fingerprint density at radius 2 is 1.95 bits per heavy atom. The molecule has 0 spiro atoms. The van der Waals surface area contributed by atoms with Gasteiger partial charge in [0.05, 0.1) is 13.7 Å². The molecule has 1 heterocycles. The molecule has 1 aliphatic rings. The Labute approximate surface area is 133 Å². The molecular weight excluding hydrogens is 278 g/mol. The van der Waals surface area contributed by atoms with Crippen molar-refractivity contribution in [2.75, 3.05) is 33.4 Å². The summed E-state index contributed by atoms with van der Waals surface area (Å²) in [4.78, 5) is 13.3. The zero-order valence-corrected chi connectivity index (χ0v) is 13.9. The van der Waals surface area contributed by atoms with E-state index in [9.17, 15) is 4.79 Å². The molecule has 0 bridgehead atoms. The molecule has 1 aromatic carbocycles. The van der Waals surface area contributed by atoms with Gasteiger partial charge >= 0.3 is 0 Å². The number of hydrogen-bond donors (Lipinski definition) is 0. The Morgan fingerprint density at radius 1 is 1.23 bits per heavy atom. The van der Waals surface area contributed by atoms with Crippen molar-refractivity contribution in [2.24, 2.45) is 11.8 Å². The first kappa shape index (κ1) is 16.8. The Morgan fingerprint density at radius 3 is 2.59 bits per heavy atom. The number of aldehydes is 1. The lowest BCUT2D eigenvalue weighted by Gasteiger charge is -2.34. The van der Waals surface area contributed by atoms with Crippen molar-refractivity contribution in [1.29, 1.82) is 0 Å². The zero-order chi connectivity index (χ0) is 15.9. The maximum absolute atomic E-state index is 10.8. The average molecular weight is 305 g/mol. The number of carbonyl (C=O) groups is 1. The summed E-state index contributed by atoms with van der Waals surface area (Å²) in [5.74, 6) is 2.90. The van der Waals surface area contributed by atoms with E-state index in [1.807, 2.05) is 0 Å². The quantitative estimate of drug-likeness (QED) is 0.572. The molecule has 1 fully saturated rings. The minimum atomic E-state index is 0.598. The van der Waals surface area contributed by atoms with Crippen molar-refractivity contribution in [3.05, 3.63) is 23.8 Å². The van der Waals surface area contributed by atoms with Gasteiger partial charge in [-0.3, -0.25) is 4.79 Å². The molecule has 2 rings (SSSR count). The summed E-state index contributed by atoms with van der Waals surface area (Å²) >= 11 is 0. The fourth-order valence-corrected chi connectivity index (χ4v) is 3.32. The van der Waals surface area contributed by atoms with E-state index in [4.69, 9.17) is 9.47 Å². The van der Waals surface area contributed by atoms with Gasteiger partial charge in [-0.05, 0) is 42.9 Å². The Bertz CT molecular complexity index is 479. The summed E-state index contributed by atoms with van der Waals surface area (Å²) in [5.41, 5.74) is 0.598. The lowest BCUT2D eigenvalue weighted by Crippen LogP contribution is -2.39. The van der Waals surface area contributed by atoms with Crippen LogP contribution in [0.3, 0.4) is 0 Å². The molecule has 1 saturated heterocycles. The highest BCUT2D eigenvalue weighted by molar-refractivity contribution is 5.76. The second kappa shape index (κ2) is 8.18. The molecule has 0 radical (unpaired) electrons. The summed E-state index contributed by atoms with van der Waals surface area (Å²) in [7, 11) is 1.59. The fraction of sp³-hybridized carbons (Fsp3) is 0.611. The third-order valence-electron chi connectivity index (χ3n) is 4.14. The number of rotatable bonds is 7. The number of likely N-dealkylation sites (tertiary alicyclic amines) is 1. The smallest absolute Gasteiger partial charge is 0.161 e. The third-order valence-corrected chi connectivity index (χ3v) is 4.14. The van der Waals surface area contributed by atoms with Gasteiger partial charge in [0.1, 0.15) is 6.29 Å². The molecule has 122 valence electrons. The minimum absolute atomic E-state index is 0.598. The van der Waals surface area contributed by atoms with Crippen LogP contribution in [0.2, 0.25) is 0 Å². The van der Waals surface area contributed by atoms with E-state index in [1.54, 1.807) is 25.3 Å². The van der Waals surface area contributed by atoms with E-state index in [0.29, 0.717) is 23.7 Å². The number of piperidine rings is 1. The maximum Gasteiger partial charge on any atom is 0.161 e. The van der Waals surface area contributed by atoms with E-state index in [-0.39, 0.29) is 0 Å². The van der Waals surface area contributed by atoms with Gasteiger partial charge in [0.2, 0.25) is 0 Å². The summed E-state index contributed by atoms with van der Waals surface area (Å²) in [6.45, 7) is 8.79. The van der Waals surface area contributed by atoms with Gasteiger partial charge in [-0.25, -0.2) is 0 Å². The van der Waals surface area contributed by atoms with Crippen LogP contribution in [0.4, 0.5) is 0 Å². The lowest BCUT2D eigenvalue weighted by atomic mass is 9.92. The molecule has 4 heteroatoms. The Balaban J connectivity index is 1.78. The maximum atomic E-state index is 10.8. The van der Waals surface area contributed by atoms with Crippen LogP contribution in [-0.4, -0.2) is 44.5 Å². The molecule has 2 atom stereocenters. The van der Waals surface area contributed by atoms with Crippen molar-refractivity contribution in [3.8, 4) is 11.5 Å². The van der Waals surface area contributed by atoms with Crippen LogP contribution < -0.4 is 9.47 Å². The van der Waals surface area contributed by atoms with Gasteiger partial charge in [0, 0.05) is 25.2 Å². The third kappa shape index (κ3) is 4.73. The van der Waals surface area contributed by atoms with Gasteiger partial charge < -0.3 is 14.4 Å². The van der Waals surface area contributed by atoms with Crippen LogP contribution in [0.15, 0.2) is 18.2 Å². The molecule has 0 aromatic heterocycles. The van der Waals surface area contributed by atoms with Crippen LogP contribution in [0.5, 0.6) is 11.5 Å². The molecular formula is C18H27NO3. The number of hydrogen-bond acceptors (Lipinski definition) is 4. The number of carbonyl (C=O) groups excluding carboxylic acids is 1. The second-order valence-electron chi connectivity index (χ2n) is 6.44. The monoisotopic (exact) mass is 305 g/mol. The topological polar surface area (TPSA) is 38.8 Å². The molecule has 0 saturated carbocycles. The minimum Gasteiger partial charge on any atom is -0.493 e. The van der Waals surface area contributed by atoms with Gasteiger partial charge in [0.25, 0.3) is 0 Å². The number of ether oxygens (including phenoxy) is 2. The highest BCUT2D eigenvalue weighted by Gasteiger charge is 2.21. The van der Waals surface area contributed by atoms with Crippen LogP contribution in [-0.2, 0) is 0 Å². The summed E-state index contributed by atoms with van der Waals surface area (Å²) in [5, 5.41) is 0. The summed E-state index contributed by atoms with van der Waals surface area (Å²) in [6.07, 6.45) is 3.15.